The first-order valence-electron chi connectivity index (χ1n) is 9.16. The van der Waals surface area contributed by atoms with Gasteiger partial charge in [0.1, 0.15) is 19.3 Å². The van der Waals surface area contributed by atoms with Crippen LogP contribution in [0.3, 0.4) is 0 Å². The van der Waals surface area contributed by atoms with E-state index in [1.165, 1.54) is 6.92 Å². The molecule has 172 valence electrons. The van der Waals surface area contributed by atoms with Gasteiger partial charge in [-0.3, -0.25) is 19.2 Å². The highest BCUT2D eigenvalue weighted by Crippen LogP contribution is 2.29. The third kappa shape index (κ3) is 9.84. The van der Waals surface area contributed by atoms with Crippen molar-refractivity contribution < 1.29 is 47.6 Å². The highest BCUT2D eigenvalue weighted by Gasteiger charge is 2.52. The number of carbonyl (C=O) groups is 4. The Balaban J connectivity index is 3.21. The highest BCUT2D eigenvalue weighted by atomic mass is 79.9. The van der Waals surface area contributed by atoms with Gasteiger partial charge in [-0.1, -0.05) is 5.92 Å². The Labute approximate surface area is 193 Å². The zero-order chi connectivity index (χ0) is 24.1. The highest BCUT2D eigenvalue weighted by molar-refractivity contribution is 9.12. The largest absolute Gasteiger partial charge is 0.463 e. The molecule has 0 aromatic carbocycles. The summed E-state index contributed by atoms with van der Waals surface area (Å²) in [5.74, 6) is 9.66. The molecule has 1 fully saturated rings. The van der Waals surface area contributed by atoms with Gasteiger partial charge in [0.05, 0.1) is 0 Å². The van der Waals surface area contributed by atoms with E-state index in [0.717, 1.165) is 20.8 Å². The van der Waals surface area contributed by atoms with E-state index in [-0.39, 0.29) is 13.2 Å². The summed E-state index contributed by atoms with van der Waals surface area (Å²) in [6, 6.07) is 0. The fraction of sp³-hybridized carbons (Fsp3) is 0.524. The second-order valence-electron chi connectivity index (χ2n) is 6.15. The minimum absolute atomic E-state index is 0.204. The van der Waals surface area contributed by atoms with Crippen LogP contribution in [0.15, 0.2) is 0 Å². The average molecular weight is 513 g/mol. The van der Waals surface area contributed by atoms with Crippen molar-refractivity contribution >= 4 is 39.8 Å². The van der Waals surface area contributed by atoms with Crippen molar-refractivity contribution in [2.24, 2.45) is 0 Å². The van der Waals surface area contributed by atoms with Gasteiger partial charge in [-0.2, -0.15) is 0 Å². The Bertz CT molecular complexity index is 895. The molecule has 0 aromatic rings. The lowest BCUT2D eigenvalue weighted by molar-refractivity contribution is -0.305. The molecule has 1 aliphatic rings. The third-order valence-electron chi connectivity index (χ3n) is 3.59. The Kier molecular flexibility index (Phi) is 11.9. The van der Waals surface area contributed by atoms with Crippen molar-refractivity contribution in [3.8, 4) is 34.4 Å². The van der Waals surface area contributed by atoms with Crippen LogP contribution in [-0.4, -0.2) is 67.8 Å². The molecule has 0 unspecified atom stereocenters. The van der Waals surface area contributed by atoms with Crippen LogP contribution in [0, 0.1) is 34.4 Å². The summed E-state index contributed by atoms with van der Waals surface area (Å²) >= 11 is 2.89. The molecule has 0 radical (unpaired) electrons. The van der Waals surface area contributed by atoms with E-state index in [0.29, 0.717) is 0 Å². The van der Waals surface area contributed by atoms with Gasteiger partial charge in [-0.15, -0.1) is 0 Å². The summed E-state index contributed by atoms with van der Waals surface area (Å²) in [5, 5.41) is 0. The van der Waals surface area contributed by atoms with Crippen LogP contribution in [0.5, 0.6) is 0 Å². The van der Waals surface area contributed by atoms with Crippen LogP contribution < -0.4 is 0 Å². The molecule has 11 heteroatoms. The monoisotopic (exact) mass is 512 g/mol. The second-order valence-corrected chi connectivity index (χ2v) is 6.55. The van der Waals surface area contributed by atoms with Crippen molar-refractivity contribution in [3.05, 3.63) is 0 Å². The smallest absolute Gasteiger partial charge is 0.303 e. The van der Waals surface area contributed by atoms with Crippen LogP contribution in [0.4, 0.5) is 0 Å². The van der Waals surface area contributed by atoms with Gasteiger partial charge < -0.3 is 28.4 Å². The average Bonchev–Trinajstić information content (AvgIpc) is 2.68. The Morgan fingerprint density at radius 1 is 0.781 bits per heavy atom. The molecular weight excluding hydrogens is 492 g/mol. The number of halogens is 1. The van der Waals surface area contributed by atoms with E-state index in [1.54, 1.807) is 0 Å². The van der Waals surface area contributed by atoms with Crippen molar-refractivity contribution in [1.82, 2.24) is 0 Å². The van der Waals surface area contributed by atoms with Crippen LogP contribution in [-0.2, 0) is 47.6 Å². The first-order chi connectivity index (χ1) is 15.1. The fourth-order valence-corrected chi connectivity index (χ4v) is 2.71. The minimum Gasteiger partial charge on any atom is -0.463 e. The number of ether oxygens (including phenoxy) is 6. The maximum absolute atomic E-state index is 11.7. The van der Waals surface area contributed by atoms with E-state index >= 15 is 0 Å². The van der Waals surface area contributed by atoms with E-state index in [1.807, 2.05) is 0 Å². The zero-order valence-corrected chi connectivity index (χ0v) is 19.3. The fourth-order valence-electron chi connectivity index (χ4n) is 2.61. The molecular formula is C21H21BrO10. The molecule has 0 N–H and O–H groups in total. The SMILES string of the molecule is CC(=O)OC[C@H]1O[C@@H](OCC#CC#CC#CBr)[C@H](OC(C)=O)[C@@H](OC(C)=O)[C@@H]1OC(C)=O. The lowest BCUT2D eigenvalue weighted by Crippen LogP contribution is -2.63. The van der Waals surface area contributed by atoms with E-state index < -0.39 is 54.6 Å². The molecule has 0 amide bonds. The Hall–Kier alpha value is -3.04. The van der Waals surface area contributed by atoms with Crippen molar-refractivity contribution in [1.29, 1.82) is 0 Å². The van der Waals surface area contributed by atoms with Gasteiger partial charge in [0.15, 0.2) is 24.6 Å². The molecule has 5 atom stereocenters. The molecule has 0 saturated carbocycles. The summed E-state index contributed by atoms with van der Waals surface area (Å²) in [6.07, 6.45) is -6.24. The van der Waals surface area contributed by atoms with E-state index in [9.17, 15) is 19.2 Å². The van der Waals surface area contributed by atoms with Crippen LogP contribution in [0.1, 0.15) is 27.7 Å². The molecule has 10 nitrogen and oxygen atoms in total. The predicted octanol–water partition coefficient (Wildman–Crippen LogP) is 0.449. The maximum Gasteiger partial charge on any atom is 0.303 e. The van der Waals surface area contributed by atoms with Crippen molar-refractivity contribution in [2.75, 3.05) is 13.2 Å². The molecule has 1 heterocycles. The predicted molar refractivity (Wildman–Crippen MR) is 110 cm³/mol. The number of hydrogen-bond donors (Lipinski definition) is 0. The van der Waals surface area contributed by atoms with Gasteiger partial charge in [0.2, 0.25) is 0 Å². The number of esters is 4. The summed E-state index contributed by atoms with van der Waals surface area (Å²) in [7, 11) is 0. The van der Waals surface area contributed by atoms with Crippen LogP contribution >= 0.6 is 15.9 Å². The van der Waals surface area contributed by atoms with Gasteiger partial charge in [-0.05, 0) is 28.5 Å². The molecule has 1 rings (SSSR count). The van der Waals surface area contributed by atoms with Gasteiger partial charge in [0.25, 0.3) is 0 Å². The van der Waals surface area contributed by atoms with E-state index in [2.05, 4.69) is 50.4 Å². The second kappa shape index (κ2) is 14.1. The summed E-state index contributed by atoms with van der Waals surface area (Å²) in [5.41, 5.74) is 0. The van der Waals surface area contributed by atoms with Crippen LogP contribution in [0.25, 0.3) is 0 Å². The van der Waals surface area contributed by atoms with Gasteiger partial charge in [0, 0.05) is 43.6 Å². The standard InChI is InChI=1S/C21H21BrO10/c1-13(23)28-12-17-18(29-14(2)24)19(30-15(3)25)20(31-16(4)26)21(32-17)27-11-9-7-5-6-8-10-22/h17-21H,11-12H2,1-4H3/t17-,18-,19+,20-,21-/m1/s1. The first kappa shape index (κ1) is 27.0. The van der Waals surface area contributed by atoms with Crippen LogP contribution in [0.2, 0.25) is 0 Å². The maximum atomic E-state index is 11.7. The zero-order valence-electron chi connectivity index (χ0n) is 17.8. The normalized spacial score (nSPS) is 23.5. The number of carbonyl (C=O) groups excluding carboxylic acids is 4. The van der Waals surface area contributed by atoms with Crippen molar-refractivity contribution in [3.63, 3.8) is 0 Å². The van der Waals surface area contributed by atoms with Gasteiger partial charge >= 0.3 is 23.9 Å². The quantitative estimate of drug-likeness (QED) is 0.269. The molecule has 0 spiro atoms. The molecule has 0 aromatic heterocycles. The molecule has 0 aliphatic carbocycles. The molecule has 32 heavy (non-hydrogen) atoms. The van der Waals surface area contributed by atoms with Crippen molar-refractivity contribution in [2.45, 2.75) is 58.4 Å². The third-order valence-corrected chi connectivity index (χ3v) is 3.79. The summed E-state index contributed by atoms with van der Waals surface area (Å²) < 4.78 is 32.0. The lowest BCUT2D eigenvalue weighted by Gasteiger charge is -2.43. The lowest BCUT2D eigenvalue weighted by atomic mass is 9.98. The molecule has 1 aliphatic heterocycles. The topological polar surface area (TPSA) is 124 Å². The van der Waals surface area contributed by atoms with E-state index in [4.69, 9.17) is 28.4 Å². The number of rotatable bonds is 7. The molecule has 1 saturated heterocycles. The first-order valence-corrected chi connectivity index (χ1v) is 9.95. The molecule has 0 bridgehead atoms. The minimum atomic E-state index is -1.30. The Morgan fingerprint density at radius 3 is 1.91 bits per heavy atom. The Morgan fingerprint density at radius 2 is 1.34 bits per heavy atom. The summed E-state index contributed by atoms with van der Waals surface area (Å²) in [4.78, 5) is 48.7. The number of hydrogen-bond acceptors (Lipinski definition) is 10. The van der Waals surface area contributed by atoms with Gasteiger partial charge in [-0.25, -0.2) is 0 Å². The summed E-state index contributed by atoms with van der Waals surface area (Å²) in [6.45, 7) is 4.02.